The maximum Gasteiger partial charge on any atom is 0.222 e. The molecular weight excluding hydrogens is 324 g/mol. The zero-order chi connectivity index (χ0) is 17.8. The second kappa shape index (κ2) is 7.68. The van der Waals surface area contributed by atoms with E-state index in [1.165, 1.54) is 5.56 Å². The lowest BCUT2D eigenvalue weighted by Crippen LogP contribution is -2.27. The molecule has 1 saturated heterocycles. The Hall–Kier alpha value is -2.69. The number of nitrogens with zero attached hydrogens (tertiary/aromatic N) is 4. The maximum atomic E-state index is 12.3. The van der Waals surface area contributed by atoms with Gasteiger partial charge in [-0.25, -0.2) is 9.97 Å². The first-order valence-electron chi connectivity index (χ1n) is 9.43. The number of carbonyl (C=O) groups excluding carboxylic acids is 1. The van der Waals surface area contributed by atoms with Crippen molar-refractivity contribution in [3.05, 3.63) is 60.0 Å². The predicted molar refractivity (Wildman–Crippen MR) is 102 cm³/mol. The van der Waals surface area contributed by atoms with Crippen molar-refractivity contribution in [2.45, 2.75) is 38.6 Å². The summed E-state index contributed by atoms with van der Waals surface area (Å²) in [6.45, 7) is 2.61. The van der Waals surface area contributed by atoms with Crippen LogP contribution in [0.2, 0.25) is 0 Å². The van der Waals surface area contributed by atoms with Crippen LogP contribution in [-0.4, -0.2) is 38.4 Å². The van der Waals surface area contributed by atoms with Gasteiger partial charge < -0.3 is 9.47 Å². The second-order valence-corrected chi connectivity index (χ2v) is 6.89. The molecule has 2 aromatic heterocycles. The van der Waals surface area contributed by atoms with Crippen LogP contribution in [0.25, 0.3) is 11.2 Å². The topological polar surface area (TPSA) is 51.0 Å². The van der Waals surface area contributed by atoms with Gasteiger partial charge in [0.1, 0.15) is 11.3 Å². The van der Waals surface area contributed by atoms with Gasteiger partial charge in [0.05, 0.1) is 6.54 Å². The van der Waals surface area contributed by atoms with Crippen molar-refractivity contribution >= 4 is 17.1 Å². The molecule has 4 rings (SSSR count). The van der Waals surface area contributed by atoms with E-state index >= 15 is 0 Å². The van der Waals surface area contributed by atoms with Gasteiger partial charge in [-0.05, 0) is 37.0 Å². The Morgan fingerprint density at radius 2 is 1.85 bits per heavy atom. The number of aromatic nitrogens is 3. The number of carbonyl (C=O) groups is 1. The molecule has 26 heavy (non-hydrogen) atoms. The molecule has 1 amide bonds. The van der Waals surface area contributed by atoms with Crippen LogP contribution >= 0.6 is 0 Å². The lowest BCUT2D eigenvalue weighted by atomic mass is 10.2. The van der Waals surface area contributed by atoms with Gasteiger partial charge in [0.2, 0.25) is 5.91 Å². The Balaban J connectivity index is 1.50. The number of hydrogen-bond acceptors (Lipinski definition) is 3. The SMILES string of the molecule is O=C(CCCc1nc2cccnc2n1Cc1ccccc1)N1CCCC1. The normalized spacial score (nSPS) is 14.2. The van der Waals surface area contributed by atoms with Gasteiger partial charge in [0, 0.05) is 32.1 Å². The summed E-state index contributed by atoms with van der Waals surface area (Å²) in [6.07, 6.45) is 6.32. The molecule has 134 valence electrons. The quantitative estimate of drug-likeness (QED) is 0.686. The van der Waals surface area contributed by atoms with E-state index in [0.29, 0.717) is 6.42 Å². The van der Waals surface area contributed by atoms with Gasteiger partial charge in [-0.1, -0.05) is 30.3 Å². The van der Waals surface area contributed by atoms with Gasteiger partial charge >= 0.3 is 0 Å². The molecule has 0 unspecified atom stereocenters. The Morgan fingerprint density at radius 1 is 1.04 bits per heavy atom. The van der Waals surface area contributed by atoms with Crippen molar-refractivity contribution in [3.8, 4) is 0 Å². The van der Waals surface area contributed by atoms with E-state index in [0.717, 1.165) is 62.3 Å². The highest BCUT2D eigenvalue weighted by Crippen LogP contribution is 2.18. The van der Waals surface area contributed by atoms with E-state index in [2.05, 4.69) is 33.8 Å². The second-order valence-electron chi connectivity index (χ2n) is 6.89. The summed E-state index contributed by atoms with van der Waals surface area (Å²) in [7, 11) is 0. The summed E-state index contributed by atoms with van der Waals surface area (Å²) in [5, 5.41) is 0. The number of hydrogen-bond donors (Lipinski definition) is 0. The molecule has 0 radical (unpaired) electrons. The van der Waals surface area contributed by atoms with Crippen LogP contribution in [0.15, 0.2) is 48.7 Å². The Bertz CT molecular complexity index is 881. The number of amides is 1. The van der Waals surface area contributed by atoms with Crippen LogP contribution in [0.3, 0.4) is 0 Å². The molecule has 0 aliphatic carbocycles. The lowest BCUT2D eigenvalue weighted by Gasteiger charge is -2.15. The summed E-state index contributed by atoms with van der Waals surface area (Å²) in [5.74, 6) is 1.29. The van der Waals surface area contributed by atoms with Crippen molar-refractivity contribution in [2.75, 3.05) is 13.1 Å². The minimum Gasteiger partial charge on any atom is -0.343 e. The van der Waals surface area contributed by atoms with Crippen LogP contribution in [0.1, 0.15) is 37.1 Å². The number of likely N-dealkylation sites (tertiary alicyclic amines) is 1. The average Bonchev–Trinajstić information content (AvgIpc) is 3.32. The first-order valence-corrected chi connectivity index (χ1v) is 9.43. The molecule has 0 spiro atoms. The fourth-order valence-corrected chi connectivity index (χ4v) is 3.65. The first kappa shape index (κ1) is 16.8. The fraction of sp³-hybridized carbons (Fsp3) is 0.381. The Kier molecular flexibility index (Phi) is 4.95. The molecule has 0 saturated carbocycles. The lowest BCUT2D eigenvalue weighted by molar-refractivity contribution is -0.130. The monoisotopic (exact) mass is 348 g/mol. The molecule has 1 fully saturated rings. The highest BCUT2D eigenvalue weighted by atomic mass is 16.2. The highest BCUT2D eigenvalue weighted by Gasteiger charge is 2.18. The van der Waals surface area contributed by atoms with Crippen LogP contribution in [0, 0.1) is 0 Å². The first-order chi connectivity index (χ1) is 12.8. The number of pyridine rings is 1. The largest absolute Gasteiger partial charge is 0.343 e. The summed E-state index contributed by atoms with van der Waals surface area (Å²) < 4.78 is 2.19. The van der Waals surface area contributed by atoms with E-state index in [-0.39, 0.29) is 5.91 Å². The zero-order valence-corrected chi connectivity index (χ0v) is 15.0. The van der Waals surface area contributed by atoms with E-state index in [1.807, 2.05) is 29.3 Å². The summed E-state index contributed by atoms with van der Waals surface area (Å²) in [5.41, 5.74) is 3.06. The molecule has 3 heterocycles. The standard InChI is InChI=1S/C21H24N4O/c26-20(24-14-4-5-15-24)12-6-11-19-23-18-10-7-13-22-21(18)25(19)16-17-8-2-1-3-9-17/h1-3,7-10,13H,4-6,11-12,14-16H2. The van der Waals surface area contributed by atoms with Crippen molar-refractivity contribution in [3.63, 3.8) is 0 Å². The minimum absolute atomic E-state index is 0.284. The van der Waals surface area contributed by atoms with E-state index in [9.17, 15) is 4.79 Å². The molecular formula is C21H24N4O. The molecule has 1 aliphatic rings. The predicted octanol–water partition coefficient (Wildman–Crippen LogP) is 3.42. The maximum absolute atomic E-state index is 12.3. The van der Waals surface area contributed by atoms with E-state index < -0.39 is 0 Å². The van der Waals surface area contributed by atoms with Crippen molar-refractivity contribution < 1.29 is 4.79 Å². The van der Waals surface area contributed by atoms with Crippen LogP contribution in [0.5, 0.6) is 0 Å². The van der Waals surface area contributed by atoms with Crippen molar-refractivity contribution in [2.24, 2.45) is 0 Å². The van der Waals surface area contributed by atoms with Crippen LogP contribution < -0.4 is 0 Å². The number of imidazole rings is 1. The van der Waals surface area contributed by atoms with Gasteiger partial charge in [-0.3, -0.25) is 4.79 Å². The van der Waals surface area contributed by atoms with E-state index in [4.69, 9.17) is 4.98 Å². The van der Waals surface area contributed by atoms with Crippen LogP contribution in [-0.2, 0) is 17.8 Å². The molecule has 1 aliphatic heterocycles. The highest BCUT2D eigenvalue weighted by molar-refractivity contribution is 5.76. The minimum atomic E-state index is 0.284. The Morgan fingerprint density at radius 3 is 2.65 bits per heavy atom. The van der Waals surface area contributed by atoms with E-state index in [1.54, 1.807) is 0 Å². The molecule has 5 heteroatoms. The molecule has 0 atom stereocenters. The molecule has 0 N–H and O–H groups in total. The summed E-state index contributed by atoms with van der Waals surface area (Å²) in [4.78, 5) is 23.6. The zero-order valence-electron chi connectivity index (χ0n) is 15.0. The van der Waals surface area contributed by atoms with Crippen molar-refractivity contribution in [1.29, 1.82) is 0 Å². The van der Waals surface area contributed by atoms with Gasteiger partial charge in [-0.2, -0.15) is 0 Å². The third-order valence-electron chi connectivity index (χ3n) is 5.02. The molecule has 3 aromatic rings. The third-order valence-corrected chi connectivity index (χ3v) is 5.02. The number of fused-ring (bicyclic) bond motifs is 1. The van der Waals surface area contributed by atoms with Gasteiger partial charge in [0.15, 0.2) is 5.65 Å². The number of benzene rings is 1. The van der Waals surface area contributed by atoms with Crippen molar-refractivity contribution in [1.82, 2.24) is 19.4 Å². The third kappa shape index (κ3) is 3.62. The molecule has 1 aromatic carbocycles. The summed E-state index contributed by atoms with van der Waals surface area (Å²) in [6, 6.07) is 14.3. The number of rotatable bonds is 6. The summed E-state index contributed by atoms with van der Waals surface area (Å²) >= 11 is 0. The van der Waals surface area contributed by atoms with Gasteiger partial charge in [0.25, 0.3) is 0 Å². The Labute approximate surface area is 153 Å². The number of aryl methyl sites for hydroxylation is 1. The van der Waals surface area contributed by atoms with Crippen LogP contribution in [0.4, 0.5) is 0 Å². The van der Waals surface area contributed by atoms with Gasteiger partial charge in [-0.15, -0.1) is 0 Å². The smallest absolute Gasteiger partial charge is 0.222 e. The molecule has 5 nitrogen and oxygen atoms in total. The average molecular weight is 348 g/mol. The fourth-order valence-electron chi connectivity index (χ4n) is 3.65. The molecule has 0 bridgehead atoms.